The molecule has 4 heterocycles. The van der Waals surface area contributed by atoms with Gasteiger partial charge in [0.2, 0.25) is 5.91 Å². The molecule has 2 atom stereocenters. The van der Waals surface area contributed by atoms with Crippen molar-refractivity contribution in [3.8, 4) is 0 Å². The second-order valence-electron chi connectivity index (χ2n) is 6.56. The third-order valence-electron chi connectivity index (χ3n) is 4.69. The van der Waals surface area contributed by atoms with Crippen molar-refractivity contribution in [3.05, 3.63) is 60.3 Å². The standard InChI is InChI=1S/C18H21N7O.2ClH/c1-24-12-14(8-21-24)15-9-20-10-16(15)18(26)22-17-4-7-25(23-17)11-13-2-5-19-6-3-13;;/h2-8,12,15-16,20H,9-11H2,1H3,(H,22,23,26);2*1H/t15-,16+;;/m1../s1. The van der Waals surface area contributed by atoms with E-state index in [1.807, 2.05) is 43.8 Å². The summed E-state index contributed by atoms with van der Waals surface area (Å²) in [7, 11) is 1.89. The summed E-state index contributed by atoms with van der Waals surface area (Å²) >= 11 is 0. The summed E-state index contributed by atoms with van der Waals surface area (Å²) in [5.41, 5.74) is 2.19. The van der Waals surface area contributed by atoms with Crippen molar-refractivity contribution in [2.45, 2.75) is 12.5 Å². The Bertz CT molecular complexity index is 896. The van der Waals surface area contributed by atoms with Gasteiger partial charge in [0.1, 0.15) is 0 Å². The summed E-state index contributed by atoms with van der Waals surface area (Å²) in [6.45, 7) is 2.07. The number of hydrogen-bond acceptors (Lipinski definition) is 5. The lowest BCUT2D eigenvalue weighted by molar-refractivity contribution is -0.119. The number of halogens is 2. The molecule has 1 aliphatic heterocycles. The number of hydrogen-bond donors (Lipinski definition) is 2. The molecule has 0 bridgehead atoms. The number of nitrogens with one attached hydrogen (secondary N) is 2. The maximum atomic E-state index is 12.7. The Balaban J connectivity index is 0.00000140. The molecule has 150 valence electrons. The summed E-state index contributed by atoms with van der Waals surface area (Å²) in [6, 6.07) is 5.71. The van der Waals surface area contributed by atoms with Crippen LogP contribution in [0.25, 0.3) is 0 Å². The van der Waals surface area contributed by atoms with Crippen molar-refractivity contribution >= 4 is 36.5 Å². The van der Waals surface area contributed by atoms with Crippen LogP contribution in [0, 0.1) is 5.92 Å². The Morgan fingerprint density at radius 3 is 2.75 bits per heavy atom. The van der Waals surface area contributed by atoms with Crippen LogP contribution < -0.4 is 10.6 Å². The smallest absolute Gasteiger partial charge is 0.230 e. The van der Waals surface area contributed by atoms with Crippen molar-refractivity contribution < 1.29 is 4.79 Å². The molecule has 2 N–H and O–H groups in total. The van der Waals surface area contributed by atoms with Crippen molar-refractivity contribution in [1.29, 1.82) is 0 Å². The topological polar surface area (TPSA) is 89.7 Å². The van der Waals surface area contributed by atoms with Crippen LogP contribution in [0.3, 0.4) is 0 Å². The molecule has 8 nitrogen and oxygen atoms in total. The Morgan fingerprint density at radius 1 is 1.25 bits per heavy atom. The fourth-order valence-corrected chi connectivity index (χ4v) is 3.35. The highest BCUT2D eigenvalue weighted by molar-refractivity contribution is 5.92. The Morgan fingerprint density at radius 2 is 2.04 bits per heavy atom. The van der Waals surface area contributed by atoms with Crippen LogP contribution in [0.2, 0.25) is 0 Å². The van der Waals surface area contributed by atoms with Gasteiger partial charge in [0, 0.05) is 56.9 Å². The molecule has 1 saturated heterocycles. The number of carbonyl (C=O) groups is 1. The van der Waals surface area contributed by atoms with Crippen LogP contribution in [0.4, 0.5) is 5.82 Å². The summed E-state index contributed by atoms with van der Waals surface area (Å²) in [5, 5.41) is 14.9. The van der Waals surface area contributed by atoms with Gasteiger partial charge in [0.25, 0.3) is 0 Å². The summed E-state index contributed by atoms with van der Waals surface area (Å²) in [4.78, 5) is 16.7. The quantitative estimate of drug-likeness (QED) is 0.653. The predicted octanol–water partition coefficient (Wildman–Crippen LogP) is 1.85. The molecular formula is C18H23Cl2N7O. The predicted molar refractivity (Wildman–Crippen MR) is 111 cm³/mol. The lowest BCUT2D eigenvalue weighted by atomic mass is 9.90. The highest BCUT2D eigenvalue weighted by Gasteiger charge is 2.34. The second kappa shape index (κ2) is 9.68. The molecule has 1 amide bonds. The lowest BCUT2D eigenvalue weighted by Crippen LogP contribution is -2.28. The minimum absolute atomic E-state index is 0. The molecular weight excluding hydrogens is 401 g/mol. The van der Waals surface area contributed by atoms with Crippen LogP contribution in [-0.2, 0) is 18.4 Å². The van der Waals surface area contributed by atoms with Crippen LogP contribution in [0.15, 0.2) is 49.2 Å². The van der Waals surface area contributed by atoms with Gasteiger partial charge in [0.05, 0.1) is 18.7 Å². The van der Waals surface area contributed by atoms with E-state index in [2.05, 4.69) is 25.8 Å². The highest BCUT2D eigenvalue weighted by Crippen LogP contribution is 2.28. The van der Waals surface area contributed by atoms with Crippen molar-refractivity contribution in [1.82, 2.24) is 29.9 Å². The molecule has 0 unspecified atom stereocenters. The van der Waals surface area contributed by atoms with Gasteiger partial charge in [-0.15, -0.1) is 24.8 Å². The SMILES string of the molecule is Cl.Cl.Cn1cc([C@H]2CNC[C@@H]2C(=O)Nc2ccn(Cc3ccncc3)n2)cn1. The van der Waals surface area contributed by atoms with Crippen LogP contribution in [0.1, 0.15) is 17.0 Å². The first-order valence-corrected chi connectivity index (χ1v) is 8.61. The van der Waals surface area contributed by atoms with E-state index in [0.29, 0.717) is 18.9 Å². The maximum absolute atomic E-state index is 12.7. The molecule has 1 fully saturated rings. The van der Waals surface area contributed by atoms with Gasteiger partial charge in [-0.2, -0.15) is 10.2 Å². The van der Waals surface area contributed by atoms with Gasteiger partial charge >= 0.3 is 0 Å². The number of anilines is 1. The molecule has 4 rings (SSSR count). The molecule has 3 aromatic heterocycles. The minimum Gasteiger partial charge on any atom is -0.315 e. The fourth-order valence-electron chi connectivity index (χ4n) is 3.35. The van der Waals surface area contributed by atoms with E-state index in [1.165, 1.54) is 0 Å². The first-order chi connectivity index (χ1) is 12.7. The van der Waals surface area contributed by atoms with E-state index in [0.717, 1.165) is 17.7 Å². The van der Waals surface area contributed by atoms with Crippen LogP contribution in [0.5, 0.6) is 0 Å². The first-order valence-electron chi connectivity index (χ1n) is 8.61. The van der Waals surface area contributed by atoms with Gasteiger partial charge in [-0.05, 0) is 23.3 Å². The van der Waals surface area contributed by atoms with Crippen molar-refractivity contribution in [3.63, 3.8) is 0 Å². The number of amides is 1. The van der Waals surface area contributed by atoms with Gasteiger partial charge in [0.15, 0.2) is 5.82 Å². The number of aromatic nitrogens is 5. The zero-order valence-electron chi connectivity index (χ0n) is 15.4. The van der Waals surface area contributed by atoms with E-state index in [9.17, 15) is 4.79 Å². The number of rotatable bonds is 5. The zero-order valence-corrected chi connectivity index (χ0v) is 17.0. The molecule has 10 heteroatoms. The van der Waals surface area contributed by atoms with Crippen molar-refractivity contribution in [2.24, 2.45) is 13.0 Å². The van der Waals surface area contributed by atoms with Gasteiger partial charge in [-0.3, -0.25) is 19.1 Å². The van der Waals surface area contributed by atoms with Crippen LogP contribution >= 0.6 is 24.8 Å². The molecule has 0 aromatic carbocycles. The third-order valence-corrected chi connectivity index (χ3v) is 4.69. The van der Waals surface area contributed by atoms with E-state index in [1.54, 1.807) is 21.8 Å². The largest absolute Gasteiger partial charge is 0.315 e. The molecule has 0 saturated carbocycles. The maximum Gasteiger partial charge on any atom is 0.230 e. The summed E-state index contributed by atoms with van der Waals surface area (Å²) in [6.07, 6.45) is 9.19. The molecule has 0 aliphatic carbocycles. The Hall–Kier alpha value is -2.42. The number of carbonyl (C=O) groups excluding carboxylic acids is 1. The lowest BCUT2D eigenvalue weighted by Gasteiger charge is -2.16. The second-order valence-corrected chi connectivity index (χ2v) is 6.56. The van der Waals surface area contributed by atoms with Crippen molar-refractivity contribution in [2.75, 3.05) is 18.4 Å². The monoisotopic (exact) mass is 423 g/mol. The zero-order chi connectivity index (χ0) is 17.9. The minimum atomic E-state index is -0.135. The Labute approximate surface area is 175 Å². The summed E-state index contributed by atoms with van der Waals surface area (Å²) in [5.74, 6) is 0.547. The number of pyridine rings is 1. The average molecular weight is 424 g/mol. The number of aryl methyl sites for hydroxylation is 1. The molecule has 1 aliphatic rings. The normalized spacial score (nSPS) is 18.2. The molecule has 0 spiro atoms. The van der Waals surface area contributed by atoms with E-state index in [4.69, 9.17) is 0 Å². The van der Waals surface area contributed by atoms with Gasteiger partial charge < -0.3 is 10.6 Å². The Kier molecular flexibility index (Phi) is 7.56. The number of nitrogens with zero attached hydrogens (tertiary/aromatic N) is 5. The van der Waals surface area contributed by atoms with E-state index < -0.39 is 0 Å². The van der Waals surface area contributed by atoms with Crippen LogP contribution in [-0.4, -0.2) is 43.5 Å². The third kappa shape index (κ3) is 4.89. The molecule has 28 heavy (non-hydrogen) atoms. The summed E-state index contributed by atoms with van der Waals surface area (Å²) < 4.78 is 3.57. The highest BCUT2D eigenvalue weighted by atomic mass is 35.5. The van der Waals surface area contributed by atoms with Gasteiger partial charge in [-0.1, -0.05) is 0 Å². The molecule has 3 aromatic rings. The first kappa shape index (κ1) is 21.9. The molecule has 0 radical (unpaired) electrons. The van der Waals surface area contributed by atoms with E-state index in [-0.39, 0.29) is 42.6 Å². The van der Waals surface area contributed by atoms with Gasteiger partial charge in [-0.25, -0.2) is 0 Å². The average Bonchev–Trinajstić information content (AvgIpc) is 3.36. The van der Waals surface area contributed by atoms with E-state index >= 15 is 0 Å². The fraction of sp³-hybridized carbons (Fsp3) is 0.333.